The van der Waals surface area contributed by atoms with Gasteiger partial charge in [-0.2, -0.15) is 4.94 Å². The Morgan fingerprint density at radius 2 is 1.50 bits per heavy atom. The molecule has 0 aromatic heterocycles. The van der Waals surface area contributed by atoms with Crippen molar-refractivity contribution in [2.24, 2.45) is 5.41 Å². The van der Waals surface area contributed by atoms with Gasteiger partial charge in [0.2, 0.25) is 0 Å². The molecule has 0 heterocycles. The quantitative estimate of drug-likeness (QED) is 0.467. The van der Waals surface area contributed by atoms with Gasteiger partial charge in [-0.1, -0.05) is 0 Å². The lowest BCUT2D eigenvalue weighted by molar-refractivity contribution is -0.185. The van der Waals surface area contributed by atoms with Gasteiger partial charge < -0.3 is 15.3 Å². The van der Waals surface area contributed by atoms with Crippen LogP contribution in [0.5, 0.6) is 0 Å². The highest BCUT2D eigenvalue weighted by atomic mass is 19.3. The molecule has 3 N–H and O–H groups in total. The second-order valence-corrected chi connectivity index (χ2v) is 2.23. The highest BCUT2D eigenvalue weighted by Gasteiger charge is 2.28. The maximum atomic E-state index is 11.2. The first-order valence-corrected chi connectivity index (χ1v) is 2.81. The van der Waals surface area contributed by atoms with E-state index in [1.807, 2.05) is 0 Å². The van der Waals surface area contributed by atoms with Crippen LogP contribution in [0, 0.1) is 5.41 Å². The number of hydrogen-bond acceptors (Lipinski definition) is 4. The first kappa shape index (κ1) is 9.77. The van der Waals surface area contributed by atoms with Crippen LogP contribution in [0.3, 0.4) is 0 Å². The Balaban J connectivity index is 3.87. The summed E-state index contributed by atoms with van der Waals surface area (Å²) in [6.07, 6.45) is 0. The van der Waals surface area contributed by atoms with Crippen LogP contribution in [0.25, 0.3) is 0 Å². The van der Waals surface area contributed by atoms with E-state index in [0.717, 1.165) is 0 Å². The summed E-state index contributed by atoms with van der Waals surface area (Å²) in [7, 11) is 0. The fraction of sp³-hybridized carbons (Fsp3) is 1.00. The molecule has 4 nitrogen and oxygen atoms in total. The molecular formula is C5H11FO4. The summed E-state index contributed by atoms with van der Waals surface area (Å²) in [4.78, 5) is 3.20. The molecule has 0 aliphatic carbocycles. The largest absolute Gasteiger partial charge is 0.396 e. The van der Waals surface area contributed by atoms with Gasteiger partial charge in [0.05, 0.1) is 31.8 Å². The molecule has 0 rings (SSSR count). The maximum Gasteiger partial charge on any atom is 0.0998 e. The van der Waals surface area contributed by atoms with Gasteiger partial charge in [-0.3, -0.25) is 0 Å². The highest BCUT2D eigenvalue weighted by Crippen LogP contribution is 2.14. The third-order valence-corrected chi connectivity index (χ3v) is 1.37. The van der Waals surface area contributed by atoms with E-state index in [2.05, 4.69) is 4.94 Å². The SMILES string of the molecule is OCC(CO)(CO)COF. The lowest BCUT2D eigenvalue weighted by atomic mass is 9.93. The summed E-state index contributed by atoms with van der Waals surface area (Å²) in [5, 5.41) is 25.6. The second-order valence-electron chi connectivity index (χ2n) is 2.23. The van der Waals surface area contributed by atoms with Crippen molar-refractivity contribution in [3.8, 4) is 0 Å². The average Bonchev–Trinajstić information content (AvgIpc) is 2.01. The Hall–Kier alpha value is -0.230. The molecule has 10 heavy (non-hydrogen) atoms. The predicted molar refractivity (Wildman–Crippen MR) is 30.8 cm³/mol. The first-order chi connectivity index (χ1) is 4.74. The van der Waals surface area contributed by atoms with Crippen LogP contribution in [-0.2, 0) is 4.94 Å². The van der Waals surface area contributed by atoms with Crippen LogP contribution < -0.4 is 0 Å². The number of aliphatic hydroxyl groups is 3. The van der Waals surface area contributed by atoms with Gasteiger partial charge in [0.15, 0.2) is 0 Å². The van der Waals surface area contributed by atoms with Crippen molar-refractivity contribution in [2.75, 3.05) is 26.4 Å². The van der Waals surface area contributed by atoms with Crippen LogP contribution >= 0.6 is 0 Å². The molecule has 0 aromatic carbocycles. The Labute approximate surface area is 57.8 Å². The minimum absolute atomic E-state index is 0.503. The van der Waals surface area contributed by atoms with E-state index in [1.54, 1.807) is 0 Å². The fourth-order valence-electron chi connectivity index (χ4n) is 0.403. The number of hydrogen-bond donors (Lipinski definition) is 3. The molecule has 0 bridgehead atoms. The van der Waals surface area contributed by atoms with Gasteiger partial charge >= 0.3 is 0 Å². The number of halogens is 1. The maximum absolute atomic E-state index is 11.2. The Morgan fingerprint density at radius 1 is 1.10 bits per heavy atom. The average molecular weight is 154 g/mol. The van der Waals surface area contributed by atoms with E-state index in [-0.39, 0.29) is 0 Å². The minimum Gasteiger partial charge on any atom is -0.396 e. The number of aliphatic hydroxyl groups excluding tert-OH is 3. The molecule has 0 radical (unpaired) electrons. The van der Waals surface area contributed by atoms with Gasteiger partial charge in [0.25, 0.3) is 0 Å². The molecule has 0 aliphatic rings. The summed E-state index contributed by atoms with van der Waals surface area (Å²) in [5.74, 6) is 0. The van der Waals surface area contributed by atoms with Gasteiger partial charge in [-0.25, -0.2) is 0 Å². The van der Waals surface area contributed by atoms with E-state index in [9.17, 15) is 4.53 Å². The summed E-state index contributed by atoms with van der Waals surface area (Å²) < 4.78 is 11.2. The van der Waals surface area contributed by atoms with E-state index >= 15 is 0 Å². The van der Waals surface area contributed by atoms with Crippen molar-refractivity contribution in [3.63, 3.8) is 0 Å². The number of rotatable bonds is 5. The Morgan fingerprint density at radius 3 is 1.60 bits per heavy atom. The Bertz CT molecular complexity index is 75.5. The molecule has 0 spiro atoms. The summed E-state index contributed by atoms with van der Waals surface area (Å²) in [6.45, 7) is -2.03. The molecule has 62 valence electrons. The van der Waals surface area contributed by atoms with Crippen LogP contribution in [0.4, 0.5) is 4.53 Å². The summed E-state index contributed by atoms with van der Waals surface area (Å²) >= 11 is 0. The van der Waals surface area contributed by atoms with Crippen LogP contribution in [0.2, 0.25) is 0 Å². The monoisotopic (exact) mass is 154 g/mol. The van der Waals surface area contributed by atoms with Crippen molar-refractivity contribution in [1.82, 2.24) is 0 Å². The summed E-state index contributed by atoms with van der Waals surface area (Å²) in [5.41, 5.74) is -1.26. The topological polar surface area (TPSA) is 69.9 Å². The fourth-order valence-corrected chi connectivity index (χ4v) is 0.403. The standard InChI is InChI=1S/C5H11FO4/c6-10-4-5(1-7,2-8)3-9/h7-9H,1-4H2. The van der Waals surface area contributed by atoms with Crippen molar-refractivity contribution in [2.45, 2.75) is 0 Å². The summed E-state index contributed by atoms with van der Waals surface area (Å²) in [6, 6.07) is 0. The zero-order valence-corrected chi connectivity index (χ0v) is 5.46. The third-order valence-electron chi connectivity index (χ3n) is 1.37. The van der Waals surface area contributed by atoms with Crippen molar-refractivity contribution in [3.05, 3.63) is 0 Å². The minimum atomic E-state index is -1.26. The lowest BCUT2D eigenvalue weighted by Crippen LogP contribution is -2.37. The van der Waals surface area contributed by atoms with Crippen molar-refractivity contribution in [1.29, 1.82) is 0 Å². The van der Waals surface area contributed by atoms with E-state index in [1.165, 1.54) is 0 Å². The van der Waals surface area contributed by atoms with Gasteiger partial charge in [-0.05, 0) is 4.53 Å². The Kier molecular flexibility index (Phi) is 4.46. The molecule has 0 saturated carbocycles. The smallest absolute Gasteiger partial charge is 0.0998 e. The van der Waals surface area contributed by atoms with Crippen molar-refractivity contribution < 1.29 is 24.8 Å². The molecular weight excluding hydrogens is 143 g/mol. The molecule has 0 amide bonds. The second kappa shape index (κ2) is 4.56. The molecule has 0 aliphatic heterocycles. The molecule has 5 heteroatoms. The molecule has 0 saturated heterocycles. The molecule has 0 atom stereocenters. The van der Waals surface area contributed by atoms with E-state index in [0.29, 0.717) is 0 Å². The first-order valence-electron chi connectivity index (χ1n) is 2.81. The van der Waals surface area contributed by atoms with Gasteiger partial charge in [0.1, 0.15) is 0 Å². The van der Waals surface area contributed by atoms with Crippen LogP contribution in [-0.4, -0.2) is 41.7 Å². The third kappa shape index (κ3) is 2.18. The van der Waals surface area contributed by atoms with Crippen molar-refractivity contribution >= 4 is 0 Å². The van der Waals surface area contributed by atoms with E-state index in [4.69, 9.17) is 15.3 Å². The molecule has 0 fully saturated rings. The van der Waals surface area contributed by atoms with Gasteiger partial charge in [0, 0.05) is 0 Å². The zero-order chi connectivity index (χ0) is 8.04. The molecule has 0 unspecified atom stereocenters. The highest BCUT2D eigenvalue weighted by molar-refractivity contribution is 4.75. The van der Waals surface area contributed by atoms with Crippen LogP contribution in [0.1, 0.15) is 0 Å². The zero-order valence-electron chi connectivity index (χ0n) is 5.46. The normalized spacial score (nSPS) is 12.0. The predicted octanol–water partition coefficient (Wildman–Crippen LogP) is -1.15. The van der Waals surface area contributed by atoms with E-state index < -0.39 is 31.8 Å². The van der Waals surface area contributed by atoms with Gasteiger partial charge in [-0.15, -0.1) is 0 Å². The van der Waals surface area contributed by atoms with Crippen LogP contribution in [0.15, 0.2) is 0 Å². The molecule has 0 aromatic rings. The lowest BCUT2D eigenvalue weighted by Gasteiger charge is -2.23.